The van der Waals surface area contributed by atoms with Crippen molar-refractivity contribution >= 4 is 15.8 Å². The first kappa shape index (κ1) is 15.4. The van der Waals surface area contributed by atoms with Crippen LogP contribution in [0, 0.1) is 12.8 Å². The minimum Gasteiger partial charge on any atom is -0.395 e. The molecular weight excluding hydrogens is 302 g/mol. The molecule has 118 valence electrons. The third-order valence-electron chi connectivity index (χ3n) is 4.73. The first-order valence-corrected chi connectivity index (χ1v) is 8.72. The highest BCUT2D eigenvalue weighted by Gasteiger charge is 2.48. The lowest BCUT2D eigenvalue weighted by molar-refractivity contribution is -0.115. The van der Waals surface area contributed by atoms with Crippen molar-refractivity contribution < 1.29 is 18.3 Å². The zero-order chi connectivity index (χ0) is 16.1. The number of benzene rings is 1. The number of aliphatic hydroxyl groups excluding tert-OH is 1. The van der Waals surface area contributed by atoms with Gasteiger partial charge >= 0.3 is 0 Å². The van der Waals surface area contributed by atoms with Gasteiger partial charge in [-0.3, -0.25) is 4.79 Å². The van der Waals surface area contributed by atoms with Crippen LogP contribution in [0.3, 0.4) is 0 Å². The van der Waals surface area contributed by atoms with Gasteiger partial charge in [0.1, 0.15) is 0 Å². The Kier molecular flexibility index (Phi) is 3.71. The zero-order valence-electron chi connectivity index (χ0n) is 12.6. The van der Waals surface area contributed by atoms with E-state index in [1.54, 1.807) is 31.2 Å². The summed E-state index contributed by atoms with van der Waals surface area (Å²) >= 11 is 0. The second kappa shape index (κ2) is 5.30. The predicted molar refractivity (Wildman–Crippen MR) is 81.8 cm³/mol. The van der Waals surface area contributed by atoms with E-state index >= 15 is 0 Å². The van der Waals surface area contributed by atoms with Gasteiger partial charge < -0.3 is 5.11 Å². The van der Waals surface area contributed by atoms with E-state index < -0.39 is 16.1 Å². The van der Waals surface area contributed by atoms with Gasteiger partial charge in [0, 0.05) is 18.9 Å². The number of ketones is 1. The lowest BCUT2D eigenvalue weighted by Gasteiger charge is -2.25. The lowest BCUT2D eigenvalue weighted by atomic mass is 9.98. The van der Waals surface area contributed by atoms with E-state index in [9.17, 15) is 18.3 Å². The van der Waals surface area contributed by atoms with Crippen LogP contribution in [0.5, 0.6) is 0 Å². The molecule has 0 amide bonds. The fraction of sp³-hybridized carbons (Fsp3) is 0.438. The van der Waals surface area contributed by atoms with Crippen LogP contribution in [0.2, 0.25) is 0 Å². The molecule has 0 bridgehead atoms. The average Bonchev–Trinajstić information content (AvgIpc) is 2.97. The Morgan fingerprint density at radius 2 is 1.86 bits per heavy atom. The normalized spacial score (nSPS) is 25.9. The number of fused-ring (bicyclic) bond motifs is 1. The Labute approximate surface area is 130 Å². The van der Waals surface area contributed by atoms with Crippen molar-refractivity contribution in [1.82, 2.24) is 4.31 Å². The zero-order valence-corrected chi connectivity index (χ0v) is 13.4. The van der Waals surface area contributed by atoms with E-state index in [0.717, 1.165) is 11.1 Å². The molecule has 1 aliphatic carbocycles. The van der Waals surface area contributed by atoms with Crippen molar-refractivity contribution in [1.29, 1.82) is 0 Å². The molecule has 22 heavy (non-hydrogen) atoms. The summed E-state index contributed by atoms with van der Waals surface area (Å²) in [6, 6.07) is 6.12. The largest absolute Gasteiger partial charge is 0.395 e. The maximum atomic E-state index is 12.8. The Morgan fingerprint density at radius 1 is 1.23 bits per heavy atom. The van der Waals surface area contributed by atoms with Crippen LogP contribution < -0.4 is 0 Å². The summed E-state index contributed by atoms with van der Waals surface area (Å²) in [5, 5.41) is 9.67. The molecule has 6 heteroatoms. The SMILES string of the molecule is CC1=C2CN(S(=O)(=O)c3ccc(C)cc3)[C@H](CO)[C@H]2CC1=O. The smallest absolute Gasteiger partial charge is 0.243 e. The van der Waals surface area contributed by atoms with Crippen molar-refractivity contribution in [3.05, 3.63) is 41.0 Å². The number of carbonyl (C=O) groups is 1. The molecule has 5 nitrogen and oxygen atoms in total. The van der Waals surface area contributed by atoms with E-state index in [0.29, 0.717) is 12.0 Å². The van der Waals surface area contributed by atoms with Gasteiger partial charge in [0.15, 0.2) is 5.78 Å². The minimum absolute atomic E-state index is 0.0610. The number of aryl methyl sites for hydroxylation is 1. The van der Waals surface area contributed by atoms with Crippen molar-refractivity contribution in [2.24, 2.45) is 5.92 Å². The number of nitrogens with zero attached hydrogens (tertiary/aromatic N) is 1. The predicted octanol–water partition coefficient (Wildman–Crippen LogP) is 1.27. The molecule has 1 N–H and O–H groups in total. The van der Waals surface area contributed by atoms with Crippen molar-refractivity contribution in [3.8, 4) is 0 Å². The number of aliphatic hydroxyl groups is 1. The fourth-order valence-corrected chi connectivity index (χ4v) is 4.98. The molecule has 1 aromatic rings. The molecule has 1 aromatic carbocycles. The van der Waals surface area contributed by atoms with Gasteiger partial charge in [-0.2, -0.15) is 4.31 Å². The van der Waals surface area contributed by atoms with Crippen molar-refractivity contribution in [2.75, 3.05) is 13.2 Å². The molecule has 2 atom stereocenters. The number of sulfonamides is 1. The number of Topliss-reactive ketones (excluding diaryl/α,β-unsaturated/α-hetero) is 1. The minimum atomic E-state index is -3.67. The second-order valence-electron chi connectivity index (χ2n) is 6.00. The molecule has 1 saturated heterocycles. The maximum absolute atomic E-state index is 12.8. The van der Waals surface area contributed by atoms with Crippen LogP contribution in [0.15, 0.2) is 40.3 Å². The van der Waals surface area contributed by atoms with Crippen LogP contribution >= 0.6 is 0 Å². The van der Waals surface area contributed by atoms with Crippen LogP contribution in [-0.4, -0.2) is 42.8 Å². The third kappa shape index (κ3) is 2.22. The van der Waals surface area contributed by atoms with Crippen LogP contribution in [0.25, 0.3) is 0 Å². The molecule has 1 heterocycles. The highest BCUT2D eigenvalue weighted by molar-refractivity contribution is 7.89. The average molecular weight is 321 g/mol. The Morgan fingerprint density at radius 3 is 2.45 bits per heavy atom. The van der Waals surface area contributed by atoms with Crippen molar-refractivity contribution in [3.63, 3.8) is 0 Å². The standard InChI is InChI=1S/C16H19NO4S/c1-10-3-5-12(6-4-10)22(20,21)17-8-14-11(2)16(19)7-13(14)15(17)9-18/h3-6,13,15,18H,7-9H2,1-2H3/t13-,15+/m0/s1. The van der Waals surface area contributed by atoms with Gasteiger partial charge in [0.05, 0.1) is 17.5 Å². The van der Waals surface area contributed by atoms with Gasteiger partial charge in [-0.25, -0.2) is 8.42 Å². The maximum Gasteiger partial charge on any atom is 0.243 e. The van der Waals surface area contributed by atoms with Crippen LogP contribution in [0.1, 0.15) is 18.9 Å². The van der Waals surface area contributed by atoms with Gasteiger partial charge in [0.25, 0.3) is 0 Å². The quantitative estimate of drug-likeness (QED) is 0.909. The number of carbonyl (C=O) groups excluding carboxylic acids is 1. The molecule has 3 rings (SSSR count). The summed E-state index contributed by atoms with van der Waals surface area (Å²) in [4.78, 5) is 12.0. The fourth-order valence-electron chi connectivity index (χ4n) is 3.35. The Balaban J connectivity index is 2.01. The molecule has 0 unspecified atom stereocenters. The molecule has 0 saturated carbocycles. The Hall–Kier alpha value is -1.50. The molecule has 2 aliphatic rings. The molecule has 1 aliphatic heterocycles. The van der Waals surface area contributed by atoms with Gasteiger partial charge in [0.2, 0.25) is 10.0 Å². The number of hydrogen-bond donors (Lipinski definition) is 1. The summed E-state index contributed by atoms with van der Waals surface area (Å²) in [5.74, 6) is -0.122. The summed E-state index contributed by atoms with van der Waals surface area (Å²) in [6.45, 7) is 3.56. The molecule has 0 radical (unpaired) electrons. The summed E-state index contributed by atoms with van der Waals surface area (Å²) < 4.78 is 27.0. The van der Waals surface area contributed by atoms with Crippen LogP contribution in [-0.2, 0) is 14.8 Å². The topological polar surface area (TPSA) is 74.7 Å². The highest BCUT2D eigenvalue weighted by atomic mass is 32.2. The Bertz CT molecular complexity index is 749. The first-order chi connectivity index (χ1) is 10.4. The molecule has 0 aromatic heterocycles. The molecule has 1 fully saturated rings. The van der Waals surface area contributed by atoms with Gasteiger partial charge in [-0.05, 0) is 37.1 Å². The number of allylic oxidation sites excluding steroid dienone is 1. The van der Waals surface area contributed by atoms with Gasteiger partial charge in [-0.15, -0.1) is 0 Å². The van der Waals surface area contributed by atoms with E-state index in [-0.39, 0.29) is 29.7 Å². The van der Waals surface area contributed by atoms with E-state index in [2.05, 4.69) is 0 Å². The van der Waals surface area contributed by atoms with E-state index in [1.807, 2.05) is 6.92 Å². The van der Waals surface area contributed by atoms with Crippen molar-refractivity contribution in [2.45, 2.75) is 31.2 Å². The summed E-state index contributed by atoms with van der Waals surface area (Å²) in [6.07, 6.45) is 0.298. The van der Waals surface area contributed by atoms with E-state index in [1.165, 1.54) is 4.31 Å². The second-order valence-corrected chi connectivity index (χ2v) is 7.89. The van der Waals surface area contributed by atoms with Crippen LogP contribution in [0.4, 0.5) is 0 Å². The first-order valence-electron chi connectivity index (χ1n) is 7.28. The molecule has 0 spiro atoms. The number of hydrogen-bond acceptors (Lipinski definition) is 4. The lowest BCUT2D eigenvalue weighted by Crippen LogP contribution is -2.40. The molecular formula is C16H19NO4S. The summed E-state index contributed by atoms with van der Waals surface area (Å²) in [7, 11) is -3.67. The third-order valence-corrected chi connectivity index (χ3v) is 6.61. The number of rotatable bonds is 3. The monoisotopic (exact) mass is 321 g/mol. The highest BCUT2D eigenvalue weighted by Crippen LogP contribution is 2.42. The van der Waals surface area contributed by atoms with Gasteiger partial charge in [-0.1, -0.05) is 17.7 Å². The summed E-state index contributed by atoms with van der Waals surface area (Å²) in [5.41, 5.74) is 2.50. The van der Waals surface area contributed by atoms with E-state index in [4.69, 9.17) is 0 Å².